The predicted molar refractivity (Wildman–Crippen MR) is 125 cm³/mol. The van der Waals surface area contributed by atoms with Crippen LogP contribution in [0.1, 0.15) is 44.4 Å². The lowest BCUT2D eigenvalue weighted by atomic mass is 9.94. The fraction of sp³-hybridized carbons (Fsp3) is 0.280. The van der Waals surface area contributed by atoms with Gasteiger partial charge < -0.3 is 10.4 Å². The van der Waals surface area contributed by atoms with Gasteiger partial charge in [0.1, 0.15) is 5.82 Å². The first kappa shape index (κ1) is 21.5. The monoisotopic (exact) mass is 429 g/mol. The molecular formula is C25H27N5O2. The van der Waals surface area contributed by atoms with Crippen molar-refractivity contribution in [3.8, 4) is 16.9 Å². The third-order valence-corrected chi connectivity index (χ3v) is 5.75. The van der Waals surface area contributed by atoms with Gasteiger partial charge in [-0.05, 0) is 56.4 Å². The van der Waals surface area contributed by atoms with E-state index in [-0.39, 0.29) is 0 Å². The minimum absolute atomic E-state index is 0.300. The number of allylic oxidation sites excluding steroid dienone is 2. The average molecular weight is 430 g/mol. The lowest BCUT2D eigenvalue weighted by Gasteiger charge is -2.21. The number of carboxylic acids is 1. The summed E-state index contributed by atoms with van der Waals surface area (Å²) < 4.78 is 1.79. The van der Waals surface area contributed by atoms with Crippen LogP contribution < -0.4 is 5.32 Å². The maximum Gasteiger partial charge on any atom is 0.337 e. The summed E-state index contributed by atoms with van der Waals surface area (Å²) in [6.07, 6.45) is 10.1. The highest BCUT2D eigenvalue weighted by molar-refractivity contribution is 5.92. The van der Waals surface area contributed by atoms with E-state index >= 15 is 0 Å². The number of carbonyl (C=O) groups is 1. The molecule has 0 spiro atoms. The average Bonchev–Trinajstić information content (AvgIpc) is 3.18. The van der Waals surface area contributed by atoms with Gasteiger partial charge in [-0.1, -0.05) is 31.6 Å². The highest BCUT2D eigenvalue weighted by Gasteiger charge is 2.25. The molecule has 2 N–H and O–H groups in total. The number of anilines is 1. The number of carboxylic acid groups (broad SMARTS) is 1. The van der Waals surface area contributed by atoms with Crippen LogP contribution in [0.15, 0.2) is 65.8 Å². The Bertz CT molecular complexity index is 1210. The molecule has 0 unspecified atom stereocenters. The summed E-state index contributed by atoms with van der Waals surface area (Å²) in [6.45, 7) is 6.10. The maximum absolute atomic E-state index is 12.1. The second kappa shape index (κ2) is 9.18. The van der Waals surface area contributed by atoms with Crippen LogP contribution in [0, 0.1) is 6.92 Å². The Morgan fingerprint density at radius 1 is 1.16 bits per heavy atom. The second-order valence-corrected chi connectivity index (χ2v) is 7.80. The van der Waals surface area contributed by atoms with Crippen LogP contribution in [0.25, 0.3) is 16.9 Å². The standard InChI is InChI=1S/C25H27N5O2/c1-4-17-10-11-21(19(14-17)25(31)32)28-24-22(18-9-7-12-26-15-18)20(5-2)29-30(24)23-16(3)8-6-13-27-23/h6-9,12-15,28H,4-5,10-11H2,1-3H3,(H,31,32). The second-order valence-electron chi connectivity index (χ2n) is 7.80. The molecule has 7 heteroatoms. The smallest absolute Gasteiger partial charge is 0.337 e. The van der Waals surface area contributed by atoms with E-state index in [2.05, 4.69) is 29.1 Å². The zero-order chi connectivity index (χ0) is 22.7. The van der Waals surface area contributed by atoms with Crippen molar-refractivity contribution in [2.75, 3.05) is 5.32 Å². The van der Waals surface area contributed by atoms with Gasteiger partial charge in [-0.2, -0.15) is 9.78 Å². The molecule has 4 rings (SSSR count). The first-order valence-electron chi connectivity index (χ1n) is 10.9. The number of nitrogens with one attached hydrogen (secondary N) is 1. The molecule has 0 atom stereocenters. The van der Waals surface area contributed by atoms with E-state index < -0.39 is 5.97 Å². The molecule has 0 saturated carbocycles. The molecule has 1 aliphatic rings. The van der Waals surface area contributed by atoms with E-state index in [0.29, 0.717) is 35.7 Å². The van der Waals surface area contributed by atoms with Gasteiger partial charge in [0.05, 0.1) is 11.3 Å². The van der Waals surface area contributed by atoms with Gasteiger partial charge in [0.15, 0.2) is 5.82 Å². The minimum Gasteiger partial charge on any atom is -0.478 e. The van der Waals surface area contributed by atoms with Crippen LogP contribution in [-0.4, -0.2) is 30.8 Å². The van der Waals surface area contributed by atoms with E-state index in [1.165, 1.54) is 0 Å². The van der Waals surface area contributed by atoms with Crippen LogP contribution in [0.3, 0.4) is 0 Å². The molecule has 1 aliphatic carbocycles. The minimum atomic E-state index is -0.933. The van der Waals surface area contributed by atoms with Gasteiger partial charge in [-0.25, -0.2) is 9.78 Å². The van der Waals surface area contributed by atoms with E-state index in [1.807, 2.05) is 31.2 Å². The molecule has 0 aliphatic heterocycles. The third kappa shape index (κ3) is 4.06. The van der Waals surface area contributed by atoms with Gasteiger partial charge in [-0.15, -0.1) is 0 Å². The summed E-state index contributed by atoms with van der Waals surface area (Å²) in [5.41, 5.74) is 5.82. The Kier molecular flexibility index (Phi) is 6.16. The normalized spacial score (nSPS) is 13.8. The zero-order valence-electron chi connectivity index (χ0n) is 18.6. The van der Waals surface area contributed by atoms with E-state index in [0.717, 1.165) is 40.8 Å². The summed E-state index contributed by atoms with van der Waals surface area (Å²) in [5, 5.41) is 18.2. The topological polar surface area (TPSA) is 92.9 Å². The van der Waals surface area contributed by atoms with Crippen LogP contribution >= 0.6 is 0 Å². The number of nitrogens with zero attached hydrogens (tertiary/aromatic N) is 4. The number of pyridine rings is 2. The van der Waals surface area contributed by atoms with Gasteiger partial charge in [0, 0.05) is 35.4 Å². The molecule has 3 aromatic rings. The summed E-state index contributed by atoms with van der Waals surface area (Å²) in [5.74, 6) is 0.480. The largest absolute Gasteiger partial charge is 0.478 e. The number of hydrogen-bond donors (Lipinski definition) is 2. The van der Waals surface area contributed by atoms with Crippen molar-refractivity contribution in [1.29, 1.82) is 0 Å². The maximum atomic E-state index is 12.1. The number of aromatic nitrogens is 4. The van der Waals surface area contributed by atoms with Gasteiger partial charge >= 0.3 is 5.97 Å². The molecule has 3 aromatic heterocycles. The molecule has 3 heterocycles. The van der Waals surface area contributed by atoms with E-state index in [4.69, 9.17) is 5.10 Å². The van der Waals surface area contributed by atoms with Gasteiger partial charge in [0.25, 0.3) is 0 Å². The Labute approximate surface area is 187 Å². The Balaban J connectivity index is 1.95. The Morgan fingerprint density at radius 3 is 2.62 bits per heavy atom. The van der Waals surface area contributed by atoms with Crippen molar-refractivity contribution in [3.05, 3.63) is 77.0 Å². The third-order valence-electron chi connectivity index (χ3n) is 5.75. The quantitative estimate of drug-likeness (QED) is 0.544. The summed E-state index contributed by atoms with van der Waals surface area (Å²) in [7, 11) is 0. The van der Waals surface area contributed by atoms with Gasteiger partial charge in [-0.3, -0.25) is 4.98 Å². The molecule has 0 saturated heterocycles. The Hall–Kier alpha value is -3.74. The molecule has 0 radical (unpaired) electrons. The van der Waals surface area contributed by atoms with Crippen molar-refractivity contribution < 1.29 is 9.90 Å². The van der Waals surface area contributed by atoms with Crippen molar-refractivity contribution in [1.82, 2.24) is 19.7 Å². The zero-order valence-corrected chi connectivity index (χ0v) is 18.6. The molecule has 0 fully saturated rings. The fourth-order valence-corrected chi connectivity index (χ4v) is 4.02. The first-order chi connectivity index (χ1) is 15.5. The number of aliphatic carboxylic acids is 1. The number of aryl methyl sites for hydroxylation is 2. The van der Waals surface area contributed by atoms with Crippen LogP contribution in [0.5, 0.6) is 0 Å². The molecule has 32 heavy (non-hydrogen) atoms. The lowest BCUT2D eigenvalue weighted by molar-refractivity contribution is -0.132. The molecule has 164 valence electrons. The highest BCUT2D eigenvalue weighted by atomic mass is 16.4. The molecule has 0 amide bonds. The van der Waals surface area contributed by atoms with Gasteiger partial charge in [0.2, 0.25) is 0 Å². The number of hydrogen-bond acceptors (Lipinski definition) is 5. The fourth-order valence-electron chi connectivity index (χ4n) is 4.02. The van der Waals surface area contributed by atoms with E-state index in [1.54, 1.807) is 29.3 Å². The van der Waals surface area contributed by atoms with Crippen LogP contribution in [-0.2, 0) is 11.2 Å². The SMILES string of the molecule is CCC1=CC(C(=O)O)=C(Nc2c(-c3cccnc3)c(CC)nn2-c2ncccc2C)CC1. The van der Waals surface area contributed by atoms with Crippen LogP contribution in [0.4, 0.5) is 5.82 Å². The lowest BCUT2D eigenvalue weighted by Crippen LogP contribution is -2.16. The highest BCUT2D eigenvalue weighted by Crippen LogP contribution is 2.37. The van der Waals surface area contributed by atoms with Crippen LogP contribution in [0.2, 0.25) is 0 Å². The van der Waals surface area contributed by atoms with Crippen molar-refractivity contribution in [3.63, 3.8) is 0 Å². The number of rotatable bonds is 7. The van der Waals surface area contributed by atoms with Crippen molar-refractivity contribution in [2.45, 2.75) is 46.5 Å². The first-order valence-corrected chi connectivity index (χ1v) is 10.9. The molecule has 0 bridgehead atoms. The van der Waals surface area contributed by atoms with E-state index in [9.17, 15) is 9.90 Å². The summed E-state index contributed by atoms with van der Waals surface area (Å²) in [4.78, 5) is 20.9. The molecular weight excluding hydrogens is 402 g/mol. The predicted octanol–water partition coefficient (Wildman–Crippen LogP) is 5.08. The molecule has 0 aromatic carbocycles. The summed E-state index contributed by atoms with van der Waals surface area (Å²) in [6, 6.07) is 7.76. The van der Waals surface area contributed by atoms with Crippen molar-refractivity contribution >= 4 is 11.8 Å². The Morgan fingerprint density at radius 2 is 1.97 bits per heavy atom. The molecule has 7 nitrogen and oxygen atoms in total. The van der Waals surface area contributed by atoms with Crippen molar-refractivity contribution in [2.24, 2.45) is 0 Å². The summed E-state index contributed by atoms with van der Waals surface area (Å²) >= 11 is 0.